The molecule has 0 bridgehead atoms. The van der Waals surface area contributed by atoms with Gasteiger partial charge in [-0.3, -0.25) is 9.48 Å². The molecule has 1 aromatic heterocycles. The Balaban J connectivity index is 2.09. The Morgan fingerprint density at radius 2 is 1.80 bits per heavy atom. The van der Waals surface area contributed by atoms with Gasteiger partial charge in [0.25, 0.3) is 0 Å². The number of carbonyl (C=O) groups is 2. The van der Waals surface area contributed by atoms with Crippen LogP contribution >= 0.6 is 0 Å². The molecule has 1 aromatic rings. The summed E-state index contributed by atoms with van der Waals surface area (Å²) < 4.78 is 1.49. The summed E-state index contributed by atoms with van der Waals surface area (Å²) in [5.74, 6) is -1.01. The third kappa shape index (κ3) is 2.82. The lowest BCUT2D eigenvalue weighted by Crippen LogP contribution is -2.48. The van der Waals surface area contributed by atoms with Crippen molar-refractivity contribution in [2.24, 2.45) is 0 Å². The average Bonchev–Trinajstić information content (AvgIpc) is 2.65. The van der Waals surface area contributed by atoms with Crippen molar-refractivity contribution in [3.63, 3.8) is 0 Å². The van der Waals surface area contributed by atoms with Crippen LogP contribution in [0.1, 0.15) is 21.7 Å². The molecule has 1 N–H and O–H groups in total. The van der Waals surface area contributed by atoms with Gasteiger partial charge in [0.1, 0.15) is 12.1 Å². The van der Waals surface area contributed by atoms with Gasteiger partial charge in [0.2, 0.25) is 5.91 Å². The lowest BCUT2D eigenvalue weighted by atomic mass is 10.2. The van der Waals surface area contributed by atoms with E-state index in [4.69, 9.17) is 5.11 Å². The fourth-order valence-corrected chi connectivity index (χ4v) is 2.44. The van der Waals surface area contributed by atoms with Crippen LogP contribution < -0.4 is 0 Å². The number of aryl methyl sites for hydroxylation is 1. The Labute approximate surface area is 117 Å². The van der Waals surface area contributed by atoms with E-state index in [1.54, 1.807) is 18.7 Å². The number of rotatable bonds is 3. The topological polar surface area (TPSA) is 78.7 Å². The summed E-state index contributed by atoms with van der Waals surface area (Å²) in [7, 11) is 2.03. The number of aromatic carboxylic acids is 1. The van der Waals surface area contributed by atoms with Crippen LogP contribution in [0, 0.1) is 13.8 Å². The van der Waals surface area contributed by atoms with E-state index in [1.807, 2.05) is 7.05 Å². The molecule has 2 heterocycles. The highest BCUT2D eigenvalue weighted by Gasteiger charge is 2.22. The Morgan fingerprint density at radius 1 is 1.20 bits per heavy atom. The smallest absolute Gasteiger partial charge is 0.339 e. The van der Waals surface area contributed by atoms with Gasteiger partial charge in [0.15, 0.2) is 0 Å². The quantitative estimate of drug-likeness (QED) is 0.841. The normalized spacial score (nSPS) is 16.4. The standard InChI is InChI=1S/C13H20N4O3/c1-9-12(13(19)20)10(2)17(14-9)8-11(18)16-6-4-15(3)5-7-16/h4-8H2,1-3H3,(H,19,20). The number of aromatic nitrogens is 2. The number of carboxylic acids is 1. The molecule has 0 atom stereocenters. The van der Waals surface area contributed by atoms with Crippen LogP contribution in [0.5, 0.6) is 0 Å². The fraction of sp³-hybridized carbons (Fsp3) is 0.615. The van der Waals surface area contributed by atoms with Crippen molar-refractivity contribution >= 4 is 11.9 Å². The highest BCUT2D eigenvalue weighted by molar-refractivity contribution is 5.90. The number of amides is 1. The molecule has 1 amide bonds. The molecular weight excluding hydrogens is 260 g/mol. The largest absolute Gasteiger partial charge is 0.478 e. The zero-order valence-electron chi connectivity index (χ0n) is 12.1. The van der Waals surface area contributed by atoms with E-state index in [0.29, 0.717) is 24.5 Å². The monoisotopic (exact) mass is 280 g/mol. The molecule has 1 fully saturated rings. The number of hydrogen-bond acceptors (Lipinski definition) is 4. The van der Waals surface area contributed by atoms with Gasteiger partial charge in [0.05, 0.1) is 11.4 Å². The minimum atomic E-state index is -1.00. The summed E-state index contributed by atoms with van der Waals surface area (Å²) in [5, 5.41) is 13.3. The minimum Gasteiger partial charge on any atom is -0.478 e. The van der Waals surface area contributed by atoms with Gasteiger partial charge in [-0.15, -0.1) is 0 Å². The van der Waals surface area contributed by atoms with Gasteiger partial charge in [-0.1, -0.05) is 0 Å². The first-order valence-corrected chi connectivity index (χ1v) is 6.63. The predicted molar refractivity (Wildman–Crippen MR) is 72.7 cm³/mol. The average molecular weight is 280 g/mol. The number of likely N-dealkylation sites (N-methyl/N-ethyl adjacent to an activating group) is 1. The summed E-state index contributed by atoms with van der Waals surface area (Å²) in [5.41, 5.74) is 1.16. The molecule has 7 heteroatoms. The van der Waals surface area contributed by atoms with E-state index in [0.717, 1.165) is 13.1 Å². The van der Waals surface area contributed by atoms with Crippen molar-refractivity contribution in [1.29, 1.82) is 0 Å². The van der Waals surface area contributed by atoms with Gasteiger partial charge in [-0.05, 0) is 20.9 Å². The predicted octanol–water partition coefficient (Wildman–Crippen LogP) is -0.0279. The maximum absolute atomic E-state index is 12.2. The maximum atomic E-state index is 12.2. The van der Waals surface area contributed by atoms with Crippen LogP contribution in [-0.4, -0.2) is 69.8 Å². The van der Waals surface area contributed by atoms with Gasteiger partial charge in [0, 0.05) is 26.2 Å². The van der Waals surface area contributed by atoms with Crippen LogP contribution in [0.2, 0.25) is 0 Å². The van der Waals surface area contributed by atoms with Crippen molar-refractivity contribution in [3.05, 3.63) is 17.0 Å². The third-order valence-corrected chi connectivity index (χ3v) is 3.74. The van der Waals surface area contributed by atoms with Crippen LogP contribution in [0.25, 0.3) is 0 Å². The van der Waals surface area contributed by atoms with Crippen molar-refractivity contribution < 1.29 is 14.7 Å². The van der Waals surface area contributed by atoms with Crippen LogP contribution in [0.15, 0.2) is 0 Å². The molecule has 0 saturated carbocycles. The zero-order valence-corrected chi connectivity index (χ0v) is 12.1. The molecule has 7 nitrogen and oxygen atoms in total. The molecule has 0 aromatic carbocycles. The van der Waals surface area contributed by atoms with E-state index in [1.165, 1.54) is 4.68 Å². The van der Waals surface area contributed by atoms with E-state index in [-0.39, 0.29) is 18.0 Å². The molecule has 1 aliphatic rings. The van der Waals surface area contributed by atoms with Crippen LogP contribution in [0.3, 0.4) is 0 Å². The van der Waals surface area contributed by atoms with Crippen molar-refractivity contribution in [3.8, 4) is 0 Å². The molecule has 0 aliphatic carbocycles. The van der Waals surface area contributed by atoms with Crippen molar-refractivity contribution in [2.45, 2.75) is 20.4 Å². The number of carboxylic acid groups (broad SMARTS) is 1. The van der Waals surface area contributed by atoms with E-state index in [2.05, 4.69) is 10.00 Å². The number of piperazine rings is 1. The van der Waals surface area contributed by atoms with E-state index in [9.17, 15) is 9.59 Å². The van der Waals surface area contributed by atoms with Gasteiger partial charge in [-0.2, -0.15) is 5.10 Å². The molecular formula is C13H20N4O3. The fourth-order valence-electron chi connectivity index (χ4n) is 2.44. The first-order valence-electron chi connectivity index (χ1n) is 6.63. The highest BCUT2D eigenvalue weighted by atomic mass is 16.4. The summed E-state index contributed by atoms with van der Waals surface area (Å²) in [4.78, 5) is 27.3. The summed E-state index contributed by atoms with van der Waals surface area (Å²) >= 11 is 0. The maximum Gasteiger partial charge on any atom is 0.339 e. The summed E-state index contributed by atoms with van der Waals surface area (Å²) in [6.45, 7) is 6.57. The lowest BCUT2D eigenvalue weighted by Gasteiger charge is -2.32. The molecule has 20 heavy (non-hydrogen) atoms. The second kappa shape index (κ2) is 5.62. The van der Waals surface area contributed by atoms with E-state index < -0.39 is 5.97 Å². The number of hydrogen-bond donors (Lipinski definition) is 1. The summed E-state index contributed by atoms with van der Waals surface area (Å²) in [6, 6.07) is 0. The molecule has 0 radical (unpaired) electrons. The second-order valence-corrected chi connectivity index (χ2v) is 5.19. The lowest BCUT2D eigenvalue weighted by molar-refractivity contribution is -0.133. The van der Waals surface area contributed by atoms with Gasteiger partial charge >= 0.3 is 5.97 Å². The van der Waals surface area contributed by atoms with Crippen molar-refractivity contribution in [2.75, 3.05) is 33.2 Å². The molecule has 2 rings (SSSR count). The summed E-state index contributed by atoms with van der Waals surface area (Å²) in [6.07, 6.45) is 0. The minimum absolute atomic E-state index is 0.0133. The Kier molecular flexibility index (Phi) is 4.08. The molecule has 0 spiro atoms. The van der Waals surface area contributed by atoms with Crippen LogP contribution in [-0.2, 0) is 11.3 Å². The third-order valence-electron chi connectivity index (χ3n) is 3.74. The Bertz CT molecular complexity index is 530. The first-order chi connectivity index (χ1) is 9.40. The van der Waals surface area contributed by atoms with Gasteiger partial charge in [-0.25, -0.2) is 4.79 Å². The van der Waals surface area contributed by atoms with E-state index >= 15 is 0 Å². The van der Waals surface area contributed by atoms with Crippen molar-refractivity contribution in [1.82, 2.24) is 19.6 Å². The molecule has 1 aliphatic heterocycles. The molecule has 1 saturated heterocycles. The Morgan fingerprint density at radius 3 is 2.30 bits per heavy atom. The second-order valence-electron chi connectivity index (χ2n) is 5.19. The number of carbonyl (C=O) groups excluding carboxylic acids is 1. The first kappa shape index (κ1) is 14.5. The Hall–Kier alpha value is -1.89. The molecule has 110 valence electrons. The van der Waals surface area contributed by atoms with Gasteiger partial charge < -0.3 is 14.9 Å². The SMILES string of the molecule is Cc1nn(CC(=O)N2CCN(C)CC2)c(C)c1C(=O)O. The zero-order chi connectivity index (χ0) is 14.9. The highest BCUT2D eigenvalue weighted by Crippen LogP contribution is 2.13. The number of nitrogens with zero attached hydrogens (tertiary/aromatic N) is 4. The van der Waals surface area contributed by atoms with Crippen LogP contribution in [0.4, 0.5) is 0 Å². The molecule has 0 unspecified atom stereocenters.